The summed E-state index contributed by atoms with van der Waals surface area (Å²) in [5.74, 6) is 0.0735. The lowest BCUT2D eigenvalue weighted by atomic mass is 10.1. The van der Waals surface area contributed by atoms with E-state index >= 15 is 0 Å². The minimum Gasteiger partial charge on any atom is -0.292 e. The number of Topliss-reactive ketones (excluding diaryl/α,β-unsaturated/α-hetero) is 1. The topological polar surface area (TPSA) is 30.0 Å². The summed E-state index contributed by atoms with van der Waals surface area (Å²) in [5, 5.41) is 0.565. The highest BCUT2D eigenvalue weighted by atomic mass is 35.5. The molecule has 0 N–H and O–H groups in total. The molecule has 1 aromatic heterocycles. The largest absolute Gasteiger partial charge is 0.292 e. The van der Waals surface area contributed by atoms with Crippen molar-refractivity contribution in [1.82, 2.24) is 4.98 Å². The number of hydrogen-bond acceptors (Lipinski definition) is 2. The van der Waals surface area contributed by atoms with Gasteiger partial charge in [0.1, 0.15) is 5.69 Å². The number of rotatable bonds is 4. The first kappa shape index (κ1) is 10.2. The van der Waals surface area contributed by atoms with Gasteiger partial charge in [-0.3, -0.25) is 9.78 Å². The Kier molecular flexibility index (Phi) is 3.90. The highest BCUT2D eigenvalue weighted by molar-refractivity contribution is 6.30. The predicted molar refractivity (Wildman–Crippen MR) is 53.1 cm³/mol. The normalized spacial score (nSPS) is 10.0. The average molecular weight is 198 g/mol. The van der Waals surface area contributed by atoms with Crippen molar-refractivity contribution in [1.29, 1.82) is 0 Å². The zero-order valence-corrected chi connectivity index (χ0v) is 8.34. The molecule has 1 heterocycles. The molecule has 3 heteroatoms. The van der Waals surface area contributed by atoms with Crippen molar-refractivity contribution in [3.63, 3.8) is 0 Å². The molecule has 2 nitrogen and oxygen atoms in total. The van der Waals surface area contributed by atoms with Crippen LogP contribution < -0.4 is 0 Å². The summed E-state index contributed by atoms with van der Waals surface area (Å²) < 4.78 is 0. The van der Waals surface area contributed by atoms with Crippen molar-refractivity contribution in [3.05, 3.63) is 29.0 Å². The van der Waals surface area contributed by atoms with Crippen molar-refractivity contribution in [2.45, 2.75) is 26.2 Å². The molecule has 13 heavy (non-hydrogen) atoms. The summed E-state index contributed by atoms with van der Waals surface area (Å²) in [7, 11) is 0. The Morgan fingerprint density at radius 3 is 3.00 bits per heavy atom. The molecule has 1 rings (SSSR count). The summed E-state index contributed by atoms with van der Waals surface area (Å²) in [6.07, 6.45) is 4.05. The van der Waals surface area contributed by atoms with Crippen molar-refractivity contribution >= 4 is 17.4 Å². The molecule has 0 unspecified atom stereocenters. The molecule has 0 aromatic carbocycles. The Balaban J connectivity index is 2.66. The van der Waals surface area contributed by atoms with Crippen LogP contribution in [0.15, 0.2) is 18.3 Å². The van der Waals surface area contributed by atoms with E-state index in [1.807, 2.05) is 0 Å². The van der Waals surface area contributed by atoms with Crippen LogP contribution in [-0.4, -0.2) is 10.8 Å². The fourth-order valence-electron chi connectivity index (χ4n) is 1.02. The highest BCUT2D eigenvalue weighted by Gasteiger charge is 2.06. The van der Waals surface area contributed by atoms with Gasteiger partial charge in [-0.2, -0.15) is 0 Å². The number of hydrogen-bond donors (Lipinski definition) is 0. The van der Waals surface area contributed by atoms with Gasteiger partial charge in [-0.1, -0.05) is 24.9 Å². The van der Waals surface area contributed by atoms with Crippen molar-refractivity contribution in [2.75, 3.05) is 0 Å². The molecule has 0 amide bonds. The second kappa shape index (κ2) is 4.97. The average Bonchev–Trinajstić information content (AvgIpc) is 2.14. The van der Waals surface area contributed by atoms with Gasteiger partial charge in [-0.05, 0) is 18.6 Å². The maximum absolute atomic E-state index is 11.4. The molecule has 0 aliphatic carbocycles. The lowest BCUT2D eigenvalue weighted by Crippen LogP contribution is -2.01. The molecule has 70 valence electrons. The third-order valence-corrected chi connectivity index (χ3v) is 2.00. The van der Waals surface area contributed by atoms with Crippen molar-refractivity contribution in [3.8, 4) is 0 Å². The molecule has 0 aliphatic heterocycles. The molecule has 0 bridgehead atoms. The number of aromatic nitrogens is 1. The molecule has 0 saturated heterocycles. The molecular formula is C10H12ClNO. The molecule has 0 atom stereocenters. The molecule has 0 spiro atoms. The first-order valence-electron chi connectivity index (χ1n) is 4.38. The van der Waals surface area contributed by atoms with E-state index in [0.29, 0.717) is 17.1 Å². The van der Waals surface area contributed by atoms with Crippen LogP contribution in [0.1, 0.15) is 36.7 Å². The van der Waals surface area contributed by atoms with E-state index in [1.54, 1.807) is 18.3 Å². The third-order valence-electron chi connectivity index (χ3n) is 1.77. The summed E-state index contributed by atoms with van der Waals surface area (Å²) >= 11 is 5.73. The maximum Gasteiger partial charge on any atom is 0.181 e. The van der Waals surface area contributed by atoms with E-state index in [-0.39, 0.29) is 5.78 Å². The van der Waals surface area contributed by atoms with Gasteiger partial charge >= 0.3 is 0 Å². The van der Waals surface area contributed by atoms with E-state index < -0.39 is 0 Å². The lowest BCUT2D eigenvalue weighted by Gasteiger charge is -1.98. The Labute approximate surface area is 82.9 Å². The first-order valence-corrected chi connectivity index (χ1v) is 4.76. The van der Waals surface area contributed by atoms with Gasteiger partial charge in [0, 0.05) is 17.6 Å². The van der Waals surface area contributed by atoms with Crippen molar-refractivity contribution in [2.24, 2.45) is 0 Å². The van der Waals surface area contributed by atoms with Gasteiger partial charge in [-0.25, -0.2) is 0 Å². The van der Waals surface area contributed by atoms with Crippen molar-refractivity contribution < 1.29 is 4.79 Å². The maximum atomic E-state index is 11.4. The summed E-state index contributed by atoms with van der Waals surface area (Å²) in [4.78, 5) is 15.4. The molecule has 0 saturated carbocycles. The summed E-state index contributed by atoms with van der Waals surface area (Å²) in [6.45, 7) is 2.05. The predicted octanol–water partition coefficient (Wildman–Crippen LogP) is 3.11. The summed E-state index contributed by atoms with van der Waals surface area (Å²) in [5.41, 5.74) is 0.473. The Morgan fingerprint density at radius 2 is 2.38 bits per heavy atom. The molecule has 0 fully saturated rings. The molecule has 0 radical (unpaired) electrons. The number of ketones is 1. The lowest BCUT2D eigenvalue weighted by molar-refractivity contribution is 0.0975. The van der Waals surface area contributed by atoms with Crippen LogP contribution in [0.4, 0.5) is 0 Å². The van der Waals surface area contributed by atoms with Crippen LogP contribution in [0.3, 0.4) is 0 Å². The van der Waals surface area contributed by atoms with E-state index in [2.05, 4.69) is 11.9 Å². The van der Waals surface area contributed by atoms with Crippen LogP contribution in [0.5, 0.6) is 0 Å². The second-order valence-corrected chi connectivity index (χ2v) is 3.32. The first-order chi connectivity index (χ1) is 6.24. The number of carbonyl (C=O) groups is 1. The number of pyridine rings is 1. The quantitative estimate of drug-likeness (QED) is 0.695. The molecule has 1 aromatic rings. The van der Waals surface area contributed by atoms with Crippen LogP contribution in [0.2, 0.25) is 5.02 Å². The van der Waals surface area contributed by atoms with E-state index in [0.717, 1.165) is 12.8 Å². The fraction of sp³-hybridized carbons (Fsp3) is 0.400. The van der Waals surface area contributed by atoms with Gasteiger partial charge in [0.05, 0.1) is 0 Å². The standard InChI is InChI=1S/C10H12ClNO/c1-2-3-4-10(13)9-7-8(11)5-6-12-9/h5-7H,2-4H2,1H3. The van der Waals surface area contributed by atoms with Gasteiger partial charge in [0.15, 0.2) is 5.78 Å². The SMILES string of the molecule is CCCCC(=O)c1cc(Cl)ccn1. The fourth-order valence-corrected chi connectivity index (χ4v) is 1.18. The monoisotopic (exact) mass is 197 g/mol. The van der Waals surface area contributed by atoms with E-state index in [1.165, 1.54) is 0 Å². The highest BCUT2D eigenvalue weighted by Crippen LogP contribution is 2.10. The van der Waals surface area contributed by atoms with Gasteiger partial charge in [0.2, 0.25) is 0 Å². The van der Waals surface area contributed by atoms with Crippen LogP contribution >= 0.6 is 11.6 Å². The Bertz CT molecular complexity index is 299. The molecular weight excluding hydrogens is 186 g/mol. The van der Waals surface area contributed by atoms with E-state index in [4.69, 9.17) is 11.6 Å². The minimum absolute atomic E-state index is 0.0735. The number of unbranched alkanes of at least 4 members (excludes halogenated alkanes) is 1. The van der Waals surface area contributed by atoms with Crippen LogP contribution in [-0.2, 0) is 0 Å². The molecule has 0 aliphatic rings. The van der Waals surface area contributed by atoms with Gasteiger partial charge in [-0.15, -0.1) is 0 Å². The minimum atomic E-state index is 0.0735. The second-order valence-electron chi connectivity index (χ2n) is 2.89. The zero-order chi connectivity index (χ0) is 9.68. The number of nitrogens with zero attached hydrogens (tertiary/aromatic N) is 1. The zero-order valence-electron chi connectivity index (χ0n) is 7.59. The summed E-state index contributed by atoms with van der Waals surface area (Å²) in [6, 6.07) is 3.28. The number of carbonyl (C=O) groups excluding carboxylic acids is 1. The van der Waals surface area contributed by atoms with Crippen LogP contribution in [0, 0.1) is 0 Å². The van der Waals surface area contributed by atoms with Gasteiger partial charge < -0.3 is 0 Å². The van der Waals surface area contributed by atoms with Gasteiger partial charge in [0.25, 0.3) is 0 Å². The van der Waals surface area contributed by atoms with Crippen LogP contribution in [0.25, 0.3) is 0 Å². The Hall–Kier alpha value is -0.890. The third kappa shape index (κ3) is 3.15. The smallest absolute Gasteiger partial charge is 0.181 e. The number of halogens is 1. The van der Waals surface area contributed by atoms with E-state index in [9.17, 15) is 4.79 Å². The Morgan fingerprint density at radius 1 is 1.62 bits per heavy atom.